The van der Waals surface area contributed by atoms with E-state index in [1.807, 2.05) is 30.3 Å². The van der Waals surface area contributed by atoms with Crippen molar-refractivity contribution in [2.24, 2.45) is 5.92 Å². The van der Waals surface area contributed by atoms with Gasteiger partial charge in [0.25, 0.3) is 0 Å². The first kappa shape index (κ1) is 16.7. The van der Waals surface area contributed by atoms with Crippen molar-refractivity contribution in [2.75, 3.05) is 19.6 Å². The lowest BCUT2D eigenvalue weighted by atomic mass is 9.96. The molecule has 0 unspecified atom stereocenters. The van der Waals surface area contributed by atoms with Crippen molar-refractivity contribution in [1.82, 2.24) is 4.90 Å². The Balaban J connectivity index is 1.37. The van der Waals surface area contributed by atoms with Crippen LogP contribution in [0, 0.1) is 5.92 Å². The first-order chi connectivity index (χ1) is 11.8. The number of likely N-dealkylation sites (tertiary alicyclic amines) is 1. The molecule has 0 atom stereocenters. The summed E-state index contributed by atoms with van der Waals surface area (Å²) in [5, 5.41) is 0. The van der Waals surface area contributed by atoms with Crippen molar-refractivity contribution in [3.8, 4) is 0 Å². The second kappa shape index (κ2) is 8.65. The lowest BCUT2D eigenvalue weighted by molar-refractivity contribution is -0.151. The third-order valence-corrected chi connectivity index (χ3v) is 4.70. The zero-order valence-corrected chi connectivity index (χ0v) is 14.1. The minimum absolute atomic E-state index is 0.0402. The highest BCUT2D eigenvalue weighted by atomic mass is 16.5. The Hall–Kier alpha value is -2.13. The van der Waals surface area contributed by atoms with E-state index in [0.717, 1.165) is 44.5 Å². The molecule has 3 rings (SSSR count). The van der Waals surface area contributed by atoms with Crippen molar-refractivity contribution in [3.63, 3.8) is 0 Å². The van der Waals surface area contributed by atoms with Gasteiger partial charge in [0, 0.05) is 6.54 Å². The van der Waals surface area contributed by atoms with Crippen molar-refractivity contribution in [3.05, 3.63) is 71.8 Å². The van der Waals surface area contributed by atoms with Gasteiger partial charge in [-0.25, -0.2) is 0 Å². The van der Waals surface area contributed by atoms with Gasteiger partial charge in [-0.15, -0.1) is 0 Å². The maximum absolute atomic E-state index is 12.2. The number of hydrogen-bond acceptors (Lipinski definition) is 3. The van der Waals surface area contributed by atoms with E-state index in [4.69, 9.17) is 4.74 Å². The first-order valence-corrected chi connectivity index (χ1v) is 8.78. The number of rotatable bonds is 6. The minimum atomic E-state index is -0.0402. The molecule has 0 aromatic heterocycles. The number of ether oxygens (including phenoxy) is 1. The molecule has 0 spiro atoms. The average Bonchev–Trinajstić information content (AvgIpc) is 2.66. The summed E-state index contributed by atoms with van der Waals surface area (Å²) < 4.78 is 5.47. The molecule has 3 nitrogen and oxygen atoms in total. The molecular weight excluding hydrogens is 298 g/mol. The summed E-state index contributed by atoms with van der Waals surface area (Å²) in [5.41, 5.74) is 2.42. The molecule has 3 heteroatoms. The van der Waals surface area contributed by atoms with E-state index in [0.29, 0.717) is 6.61 Å². The second-order valence-electron chi connectivity index (χ2n) is 6.44. The Morgan fingerprint density at radius 1 is 0.917 bits per heavy atom. The molecule has 0 radical (unpaired) electrons. The first-order valence-electron chi connectivity index (χ1n) is 8.78. The van der Waals surface area contributed by atoms with Crippen LogP contribution in [0.5, 0.6) is 0 Å². The SMILES string of the molecule is O=C(OCc1ccccc1)C1CCN(CCc2ccccc2)CC1. The van der Waals surface area contributed by atoms with Crippen molar-refractivity contribution >= 4 is 5.97 Å². The molecule has 1 aliphatic heterocycles. The summed E-state index contributed by atoms with van der Waals surface area (Å²) in [5.74, 6) is 0.0169. The molecule has 1 heterocycles. The quantitative estimate of drug-likeness (QED) is 0.760. The fourth-order valence-electron chi connectivity index (χ4n) is 3.17. The Morgan fingerprint density at radius 3 is 2.12 bits per heavy atom. The van der Waals surface area contributed by atoms with Gasteiger partial charge < -0.3 is 9.64 Å². The van der Waals surface area contributed by atoms with Crippen LogP contribution in [0.3, 0.4) is 0 Å². The van der Waals surface area contributed by atoms with Gasteiger partial charge in [0.2, 0.25) is 0 Å². The normalized spacial score (nSPS) is 16.0. The van der Waals surface area contributed by atoms with E-state index >= 15 is 0 Å². The summed E-state index contributed by atoms with van der Waals surface area (Å²) in [6.45, 7) is 3.42. The number of nitrogens with zero attached hydrogens (tertiary/aromatic N) is 1. The Labute approximate surface area is 144 Å². The van der Waals surface area contributed by atoms with Crippen molar-refractivity contribution in [2.45, 2.75) is 25.9 Å². The molecule has 0 saturated carbocycles. The highest BCUT2D eigenvalue weighted by molar-refractivity contribution is 5.72. The predicted octanol–water partition coefficient (Wildman–Crippen LogP) is 3.68. The van der Waals surface area contributed by atoms with Crippen LogP contribution in [0.25, 0.3) is 0 Å². The molecule has 0 aliphatic carbocycles. The molecule has 0 amide bonds. The van der Waals surface area contributed by atoms with Gasteiger partial charge in [-0.05, 0) is 43.5 Å². The number of benzene rings is 2. The topological polar surface area (TPSA) is 29.5 Å². The second-order valence-corrected chi connectivity index (χ2v) is 6.44. The molecule has 0 bridgehead atoms. The minimum Gasteiger partial charge on any atom is -0.461 e. The number of hydrogen-bond donors (Lipinski definition) is 0. The van der Waals surface area contributed by atoms with E-state index in [1.165, 1.54) is 5.56 Å². The molecule has 1 fully saturated rings. The molecule has 2 aromatic rings. The van der Waals surface area contributed by atoms with Crippen LogP contribution in [0.15, 0.2) is 60.7 Å². The van der Waals surface area contributed by atoms with Crippen LogP contribution >= 0.6 is 0 Å². The Kier molecular flexibility index (Phi) is 6.02. The number of esters is 1. The monoisotopic (exact) mass is 323 g/mol. The van der Waals surface area contributed by atoms with Gasteiger partial charge in [-0.2, -0.15) is 0 Å². The van der Waals surface area contributed by atoms with Gasteiger partial charge >= 0.3 is 5.97 Å². The van der Waals surface area contributed by atoms with Gasteiger partial charge in [-0.3, -0.25) is 4.79 Å². The summed E-state index contributed by atoms with van der Waals surface area (Å²) >= 11 is 0. The van der Waals surface area contributed by atoms with Crippen LogP contribution in [0.4, 0.5) is 0 Å². The number of piperidine rings is 1. The summed E-state index contributed by atoms with van der Waals surface area (Å²) in [6, 6.07) is 20.4. The van der Waals surface area contributed by atoms with Gasteiger partial charge in [-0.1, -0.05) is 60.7 Å². The molecule has 24 heavy (non-hydrogen) atoms. The molecule has 126 valence electrons. The van der Waals surface area contributed by atoms with E-state index in [-0.39, 0.29) is 11.9 Å². The largest absolute Gasteiger partial charge is 0.461 e. The van der Waals surface area contributed by atoms with E-state index in [1.54, 1.807) is 0 Å². The van der Waals surface area contributed by atoms with E-state index in [9.17, 15) is 4.79 Å². The lowest BCUT2D eigenvalue weighted by Gasteiger charge is -2.30. The van der Waals surface area contributed by atoms with Crippen molar-refractivity contribution < 1.29 is 9.53 Å². The average molecular weight is 323 g/mol. The Morgan fingerprint density at radius 2 is 1.50 bits per heavy atom. The summed E-state index contributed by atoms with van der Waals surface area (Å²) in [6.07, 6.45) is 2.88. The Bertz CT molecular complexity index is 619. The number of carbonyl (C=O) groups is 1. The van der Waals surface area contributed by atoms with Crippen LogP contribution < -0.4 is 0 Å². The zero-order chi connectivity index (χ0) is 16.6. The standard InChI is InChI=1S/C21H25NO2/c23-21(24-17-19-9-5-2-6-10-19)20-12-15-22(16-13-20)14-11-18-7-3-1-4-8-18/h1-10,20H,11-17H2. The van der Waals surface area contributed by atoms with Gasteiger partial charge in [0.05, 0.1) is 5.92 Å². The molecule has 1 aliphatic rings. The maximum Gasteiger partial charge on any atom is 0.309 e. The smallest absolute Gasteiger partial charge is 0.309 e. The van der Waals surface area contributed by atoms with Crippen molar-refractivity contribution in [1.29, 1.82) is 0 Å². The molecule has 1 saturated heterocycles. The maximum atomic E-state index is 12.2. The molecule has 2 aromatic carbocycles. The fourth-order valence-corrected chi connectivity index (χ4v) is 3.17. The van der Waals surface area contributed by atoms with Crippen LogP contribution in [-0.2, 0) is 22.6 Å². The molecular formula is C21H25NO2. The third-order valence-electron chi connectivity index (χ3n) is 4.70. The van der Waals surface area contributed by atoms with E-state index in [2.05, 4.69) is 35.2 Å². The summed E-state index contributed by atoms with van der Waals surface area (Å²) in [7, 11) is 0. The van der Waals surface area contributed by atoms with Crippen LogP contribution in [-0.4, -0.2) is 30.5 Å². The van der Waals surface area contributed by atoms with Gasteiger partial charge in [0.15, 0.2) is 0 Å². The predicted molar refractivity (Wildman–Crippen MR) is 95.5 cm³/mol. The number of carbonyl (C=O) groups excluding carboxylic acids is 1. The lowest BCUT2D eigenvalue weighted by Crippen LogP contribution is -2.38. The highest BCUT2D eigenvalue weighted by Crippen LogP contribution is 2.19. The highest BCUT2D eigenvalue weighted by Gasteiger charge is 2.25. The van der Waals surface area contributed by atoms with E-state index < -0.39 is 0 Å². The zero-order valence-electron chi connectivity index (χ0n) is 14.1. The van der Waals surface area contributed by atoms with Crippen LogP contribution in [0.1, 0.15) is 24.0 Å². The fraction of sp³-hybridized carbons (Fsp3) is 0.381. The molecule has 0 N–H and O–H groups in total. The van der Waals surface area contributed by atoms with Crippen LogP contribution in [0.2, 0.25) is 0 Å². The summed E-state index contributed by atoms with van der Waals surface area (Å²) in [4.78, 5) is 14.7. The third kappa shape index (κ3) is 4.93. The van der Waals surface area contributed by atoms with Gasteiger partial charge in [0.1, 0.15) is 6.61 Å².